The van der Waals surface area contributed by atoms with E-state index in [0.717, 1.165) is 6.42 Å². The van der Waals surface area contributed by atoms with Gasteiger partial charge in [-0.25, -0.2) is 0 Å². The zero-order valence-corrected chi connectivity index (χ0v) is 7.18. The molecular formula is C7H10Cl2. The van der Waals surface area contributed by atoms with Crippen LogP contribution in [0.5, 0.6) is 0 Å². The van der Waals surface area contributed by atoms with Gasteiger partial charge >= 0.3 is 0 Å². The lowest BCUT2D eigenvalue weighted by Crippen LogP contribution is -1.97. The summed E-state index contributed by atoms with van der Waals surface area (Å²) >= 11 is 11.9. The summed E-state index contributed by atoms with van der Waals surface area (Å²) < 4.78 is -0.365. The smallest absolute Gasteiger partial charge is 0.101 e. The molecule has 2 rings (SSSR count). The van der Waals surface area contributed by atoms with Crippen molar-refractivity contribution in [3.63, 3.8) is 0 Å². The number of rotatable bonds is 0. The van der Waals surface area contributed by atoms with Crippen molar-refractivity contribution in [3.8, 4) is 0 Å². The predicted molar refractivity (Wildman–Crippen MR) is 39.9 cm³/mol. The monoisotopic (exact) mass is 164 g/mol. The van der Waals surface area contributed by atoms with E-state index in [1.165, 1.54) is 6.42 Å². The Morgan fingerprint density at radius 3 is 1.44 bits per heavy atom. The molecule has 0 nitrogen and oxygen atoms in total. The van der Waals surface area contributed by atoms with E-state index in [1.807, 2.05) is 0 Å². The van der Waals surface area contributed by atoms with Crippen molar-refractivity contribution in [1.29, 1.82) is 0 Å². The van der Waals surface area contributed by atoms with E-state index >= 15 is 0 Å². The summed E-state index contributed by atoms with van der Waals surface area (Å²) in [7, 11) is 0. The van der Waals surface area contributed by atoms with Crippen LogP contribution in [0.15, 0.2) is 0 Å². The molecule has 0 saturated heterocycles. The minimum Gasteiger partial charge on any atom is -0.101 e. The van der Waals surface area contributed by atoms with Crippen LogP contribution in [0.2, 0.25) is 0 Å². The van der Waals surface area contributed by atoms with Crippen LogP contribution in [-0.2, 0) is 0 Å². The van der Waals surface area contributed by atoms with Crippen molar-refractivity contribution in [2.24, 2.45) is 10.8 Å². The first-order valence-electron chi connectivity index (χ1n) is 3.29. The lowest BCUT2D eigenvalue weighted by atomic mass is 10.1. The molecular weight excluding hydrogens is 155 g/mol. The summed E-state index contributed by atoms with van der Waals surface area (Å²) in [5.74, 6) is 0. The maximum Gasteiger partial charge on any atom is 0.125 e. The second-order valence-corrected chi connectivity index (χ2v) is 5.51. The molecule has 2 aliphatic carbocycles. The van der Waals surface area contributed by atoms with Gasteiger partial charge in [0.05, 0.1) is 0 Å². The summed E-state index contributed by atoms with van der Waals surface area (Å²) in [6.07, 6.45) is 2.23. The minimum absolute atomic E-state index is 0.323. The van der Waals surface area contributed by atoms with E-state index < -0.39 is 0 Å². The van der Waals surface area contributed by atoms with Crippen molar-refractivity contribution in [2.75, 3.05) is 0 Å². The normalized spacial score (nSPS) is 49.3. The van der Waals surface area contributed by atoms with Crippen molar-refractivity contribution in [3.05, 3.63) is 0 Å². The molecule has 0 aliphatic heterocycles. The minimum atomic E-state index is -0.365. The first-order chi connectivity index (χ1) is 3.91. The quantitative estimate of drug-likeness (QED) is 0.484. The van der Waals surface area contributed by atoms with E-state index in [4.69, 9.17) is 23.2 Å². The van der Waals surface area contributed by atoms with Gasteiger partial charge in [-0.1, -0.05) is 13.8 Å². The molecule has 0 aromatic carbocycles. The molecule has 0 unspecified atom stereocenters. The Hall–Kier alpha value is 0.580. The van der Waals surface area contributed by atoms with Crippen molar-refractivity contribution in [1.82, 2.24) is 0 Å². The Morgan fingerprint density at radius 2 is 1.44 bits per heavy atom. The predicted octanol–water partition coefficient (Wildman–Crippen LogP) is 2.98. The first kappa shape index (κ1) is 6.30. The highest BCUT2D eigenvalue weighted by Gasteiger charge is 2.83. The fourth-order valence-electron chi connectivity index (χ4n) is 1.97. The Labute approximate surface area is 65.5 Å². The van der Waals surface area contributed by atoms with Crippen LogP contribution in [0.1, 0.15) is 26.7 Å². The van der Waals surface area contributed by atoms with Crippen LogP contribution < -0.4 is 0 Å². The molecule has 0 bridgehead atoms. The van der Waals surface area contributed by atoms with Gasteiger partial charge in [-0.3, -0.25) is 0 Å². The lowest BCUT2D eigenvalue weighted by molar-refractivity contribution is 0.548. The van der Waals surface area contributed by atoms with Crippen molar-refractivity contribution in [2.45, 2.75) is 31.0 Å². The molecule has 2 saturated carbocycles. The highest BCUT2D eigenvalue weighted by Crippen LogP contribution is 2.86. The fraction of sp³-hybridized carbons (Fsp3) is 1.00. The molecule has 0 amide bonds. The highest BCUT2D eigenvalue weighted by atomic mass is 35.5. The van der Waals surface area contributed by atoms with E-state index in [-0.39, 0.29) is 4.33 Å². The lowest BCUT2D eigenvalue weighted by Gasteiger charge is -2.00. The molecule has 52 valence electrons. The number of hydrogen-bond acceptors (Lipinski definition) is 0. The van der Waals surface area contributed by atoms with Crippen molar-refractivity contribution < 1.29 is 0 Å². The molecule has 0 radical (unpaired) electrons. The molecule has 9 heavy (non-hydrogen) atoms. The maximum absolute atomic E-state index is 5.95. The summed E-state index contributed by atoms with van der Waals surface area (Å²) in [4.78, 5) is 0. The standard InChI is InChI=1S/C7H10Cl2/c1-5(2)3-6(5)4-7(6,8)9/h3-4H2,1-2H3/t6-/m1/s1. The molecule has 2 aliphatic rings. The van der Waals surface area contributed by atoms with Gasteiger partial charge in [0.25, 0.3) is 0 Å². The largest absolute Gasteiger partial charge is 0.125 e. The van der Waals surface area contributed by atoms with E-state index in [1.54, 1.807) is 0 Å². The molecule has 1 atom stereocenters. The van der Waals surface area contributed by atoms with Crippen LogP contribution >= 0.6 is 23.2 Å². The van der Waals surface area contributed by atoms with E-state index in [0.29, 0.717) is 10.8 Å². The molecule has 1 spiro atoms. The molecule has 0 N–H and O–H groups in total. The van der Waals surface area contributed by atoms with E-state index in [2.05, 4.69) is 13.8 Å². The van der Waals surface area contributed by atoms with Gasteiger partial charge in [0.1, 0.15) is 4.33 Å². The Bertz CT molecular complexity index is 150. The van der Waals surface area contributed by atoms with Crippen LogP contribution in [0, 0.1) is 10.8 Å². The number of halogens is 2. The van der Waals surface area contributed by atoms with Gasteiger partial charge in [0, 0.05) is 5.41 Å². The van der Waals surface area contributed by atoms with Crippen LogP contribution in [-0.4, -0.2) is 4.33 Å². The SMILES string of the molecule is CC1(C)C[C@@]12CC2(Cl)Cl. The fourth-order valence-corrected chi connectivity index (χ4v) is 3.07. The average molecular weight is 165 g/mol. The molecule has 2 fully saturated rings. The summed E-state index contributed by atoms with van der Waals surface area (Å²) in [5.41, 5.74) is 0.750. The van der Waals surface area contributed by atoms with Gasteiger partial charge in [0.15, 0.2) is 0 Å². The van der Waals surface area contributed by atoms with Crippen LogP contribution in [0.25, 0.3) is 0 Å². The maximum atomic E-state index is 5.95. The highest BCUT2D eigenvalue weighted by molar-refractivity contribution is 6.51. The Balaban J connectivity index is 2.22. The Kier molecular flexibility index (Phi) is 0.815. The van der Waals surface area contributed by atoms with Gasteiger partial charge in [-0.05, 0) is 18.3 Å². The van der Waals surface area contributed by atoms with Crippen LogP contribution in [0.4, 0.5) is 0 Å². The zero-order valence-electron chi connectivity index (χ0n) is 5.67. The van der Waals surface area contributed by atoms with E-state index in [9.17, 15) is 0 Å². The third kappa shape index (κ3) is 0.526. The topological polar surface area (TPSA) is 0 Å². The second kappa shape index (κ2) is 1.16. The molecule has 0 aromatic heterocycles. The zero-order chi connectivity index (χ0) is 6.91. The van der Waals surface area contributed by atoms with Gasteiger partial charge < -0.3 is 0 Å². The molecule has 0 aromatic rings. The first-order valence-corrected chi connectivity index (χ1v) is 4.05. The van der Waals surface area contributed by atoms with Crippen LogP contribution in [0.3, 0.4) is 0 Å². The summed E-state index contributed by atoms with van der Waals surface area (Å²) in [6.45, 7) is 4.47. The third-order valence-corrected chi connectivity index (χ3v) is 4.00. The molecule has 0 heterocycles. The molecule has 2 heteroatoms. The number of hydrogen-bond donors (Lipinski definition) is 0. The average Bonchev–Trinajstić information content (AvgIpc) is 2.20. The van der Waals surface area contributed by atoms with Gasteiger partial charge in [-0.2, -0.15) is 0 Å². The van der Waals surface area contributed by atoms with Gasteiger partial charge in [-0.15, -0.1) is 23.2 Å². The third-order valence-electron chi connectivity index (χ3n) is 3.01. The number of alkyl halides is 2. The summed E-state index contributed by atoms with van der Waals surface area (Å²) in [5, 5.41) is 0. The summed E-state index contributed by atoms with van der Waals surface area (Å²) in [6, 6.07) is 0. The second-order valence-electron chi connectivity index (χ2n) is 4.02. The Morgan fingerprint density at radius 1 is 1.11 bits per heavy atom. The van der Waals surface area contributed by atoms with Crippen molar-refractivity contribution >= 4 is 23.2 Å². The van der Waals surface area contributed by atoms with Gasteiger partial charge in [0.2, 0.25) is 0 Å².